The van der Waals surface area contributed by atoms with Crippen LogP contribution in [0.4, 0.5) is 5.69 Å². The van der Waals surface area contributed by atoms with Crippen LogP contribution >= 0.6 is 15.9 Å². The molecule has 3 rings (SSSR count). The molecule has 0 fully saturated rings. The maximum absolute atomic E-state index is 3.64. The topological polar surface area (TPSA) is 12.0 Å². The van der Waals surface area contributed by atoms with Gasteiger partial charge in [-0.1, -0.05) is 40.2 Å². The van der Waals surface area contributed by atoms with Gasteiger partial charge in [0.2, 0.25) is 0 Å². The number of hydrogen-bond acceptors (Lipinski definition) is 1. The number of fused-ring (bicyclic) bond motifs is 1. The van der Waals surface area contributed by atoms with Crippen LogP contribution in [-0.2, 0) is 12.8 Å². The lowest BCUT2D eigenvalue weighted by molar-refractivity contribution is 0.774. The summed E-state index contributed by atoms with van der Waals surface area (Å²) in [5, 5.41) is 3.64. The van der Waals surface area contributed by atoms with Crippen LogP contribution in [0, 0.1) is 6.92 Å². The van der Waals surface area contributed by atoms with Crippen molar-refractivity contribution in [1.29, 1.82) is 0 Å². The number of benzene rings is 2. The molecule has 92 valence electrons. The standard InChI is InChI=1S/C16H16BrN/c1-11-6-14(17)10-15(7-11)18-16-8-12-4-2-3-5-13(12)9-16/h2-7,10,16,18H,8-9H2,1H3. The zero-order valence-corrected chi connectivity index (χ0v) is 12.0. The van der Waals surface area contributed by atoms with Crippen molar-refractivity contribution in [2.45, 2.75) is 25.8 Å². The molecule has 0 atom stereocenters. The summed E-state index contributed by atoms with van der Waals surface area (Å²) in [7, 11) is 0. The summed E-state index contributed by atoms with van der Waals surface area (Å²) in [5.74, 6) is 0. The van der Waals surface area contributed by atoms with Crippen molar-refractivity contribution < 1.29 is 0 Å². The van der Waals surface area contributed by atoms with Crippen molar-refractivity contribution >= 4 is 21.6 Å². The lowest BCUT2D eigenvalue weighted by atomic mass is 10.1. The Balaban J connectivity index is 1.76. The lowest BCUT2D eigenvalue weighted by Gasteiger charge is -2.14. The minimum atomic E-state index is 0.524. The van der Waals surface area contributed by atoms with E-state index in [4.69, 9.17) is 0 Å². The predicted octanol–water partition coefficient (Wildman–Crippen LogP) is 4.34. The van der Waals surface area contributed by atoms with Crippen molar-refractivity contribution in [1.82, 2.24) is 0 Å². The second-order valence-corrected chi connectivity index (χ2v) is 5.95. The summed E-state index contributed by atoms with van der Waals surface area (Å²) in [5.41, 5.74) is 5.46. The van der Waals surface area contributed by atoms with Crippen LogP contribution in [0.25, 0.3) is 0 Å². The van der Waals surface area contributed by atoms with Crippen LogP contribution in [0.15, 0.2) is 46.9 Å². The molecule has 1 aliphatic carbocycles. The highest BCUT2D eigenvalue weighted by Gasteiger charge is 2.20. The number of halogens is 1. The van der Waals surface area contributed by atoms with Crippen LogP contribution in [0.3, 0.4) is 0 Å². The van der Waals surface area contributed by atoms with Gasteiger partial charge in [0.05, 0.1) is 0 Å². The predicted molar refractivity (Wildman–Crippen MR) is 80.1 cm³/mol. The number of anilines is 1. The van der Waals surface area contributed by atoms with Crippen LogP contribution in [0.5, 0.6) is 0 Å². The molecule has 1 aliphatic rings. The highest BCUT2D eigenvalue weighted by Crippen LogP contribution is 2.26. The van der Waals surface area contributed by atoms with Crippen molar-refractivity contribution in [2.75, 3.05) is 5.32 Å². The molecule has 0 unspecified atom stereocenters. The maximum atomic E-state index is 3.64. The molecule has 0 radical (unpaired) electrons. The van der Waals surface area contributed by atoms with Crippen molar-refractivity contribution in [3.63, 3.8) is 0 Å². The molecule has 0 saturated carbocycles. The third-order valence-electron chi connectivity index (χ3n) is 3.46. The average molecular weight is 302 g/mol. The molecule has 1 N–H and O–H groups in total. The highest BCUT2D eigenvalue weighted by atomic mass is 79.9. The van der Waals surface area contributed by atoms with Gasteiger partial charge >= 0.3 is 0 Å². The van der Waals surface area contributed by atoms with Gasteiger partial charge in [-0.25, -0.2) is 0 Å². The number of nitrogens with one attached hydrogen (secondary N) is 1. The first kappa shape index (κ1) is 11.8. The summed E-state index contributed by atoms with van der Waals surface area (Å²) in [6.07, 6.45) is 2.25. The van der Waals surface area contributed by atoms with Crippen LogP contribution in [0.1, 0.15) is 16.7 Å². The molecule has 0 bridgehead atoms. The zero-order chi connectivity index (χ0) is 12.5. The minimum Gasteiger partial charge on any atom is -0.382 e. The number of rotatable bonds is 2. The van der Waals surface area contributed by atoms with Gasteiger partial charge in [-0.3, -0.25) is 0 Å². The van der Waals surface area contributed by atoms with Gasteiger partial charge in [-0.2, -0.15) is 0 Å². The quantitative estimate of drug-likeness (QED) is 0.870. The smallest absolute Gasteiger partial charge is 0.0356 e. The molecule has 0 heterocycles. The van der Waals surface area contributed by atoms with Crippen LogP contribution < -0.4 is 5.32 Å². The van der Waals surface area contributed by atoms with E-state index in [2.05, 4.69) is 70.6 Å². The largest absolute Gasteiger partial charge is 0.382 e. The third kappa shape index (κ3) is 2.44. The second kappa shape index (κ2) is 4.77. The zero-order valence-electron chi connectivity index (χ0n) is 10.4. The Morgan fingerprint density at radius 2 is 1.72 bits per heavy atom. The normalized spacial score (nSPS) is 14.6. The molecular formula is C16H16BrN. The van der Waals surface area contributed by atoms with E-state index in [1.807, 2.05) is 0 Å². The number of hydrogen-bond donors (Lipinski definition) is 1. The minimum absolute atomic E-state index is 0.524. The molecule has 2 aromatic carbocycles. The summed E-state index contributed by atoms with van der Waals surface area (Å²) in [4.78, 5) is 0. The van der Waals surface area contributed by atoms with E-state index in [-0.39, 0.29) is 0 Å². The Hall–Kier alpha value is -1.28. The van der Waals surface area contributed by atoms with Gasteiger partial charge in [0.15, 0.2) is 0 Å². The fourth-order valence-corrected chi connectivity index (χ4v) is 3.32. The first-order valence-electron chi connectivity index (χ1n) is 6.31. The Morgan fingerprint density at radius 1 is 1.06 bits per heavy atom. The Labute approximate surface area is 116 Å². The summed E-state index contributed by atoms with van der Waals surface area (Å²) >= 11 is 3.55. The molecule has 0 saturated heterocycles. The van der Waals surface area contributed by atoms with E-state index in [1.165, 1.54) is 22.4 Å². The van der Waals surface area contributed by atoms with Gasteiger partial charge in [-0.15, -0.1) is 0 Å². The van der Waals surface area contributed by atoms with E-state index in [0.29, 0.717) is 6.04 Å². The van der Waals surface area contributed by atoms with Gasteiger partial charge in [0.25, 0.3) is 0 Å². The molecule has 18 heavy (non-hydrogen) atoms. The molecule has 0 aromatic heterocycles. The van der Waals surface area contributed by atoms with E-state index in [9.17, 15) is 0 Å². The molecule has 2 heteroatoms. The first-order valence-corrected chi connectivity index (χ1v) is 7.10. The molecule has 0 spiro atoms. The molecule has 0 aliphatic heterocycles. The van der Waals surface area contributed by atoms with Gasteiger partial charge in [0.1, 0.15) is 0 Å². The molecule has 1 nitrogen and oxygen atoms in total. The van der Waals surface area contributed by atoms with Crippen molar-refractivity contribution in [3.05, 3.63) is 63.6 Å². The van der Waals surface area contributed by atoms with Crippen molar-refractivity contribution in [2.24, 2.45) is 0 Å². The van der Waals surface area contributed by atoms with Gasteiger partial charge in [-0.05, 0) is 54.7 Å². The fraction of sp³-hybridized carbons (Fsp3) is 0.250. The van der Waals surface area contributed by atoms with E-state index in [0.717, 1.165) is 17.3 Å². The third-order valence-corrected chi connectivity index (χ3v) is 3.92. The monoisotopic (exact) mass is 301 g/mol. The SMILES string of the molecule is Cc1cc(Br)cc(NC2Cc3ccccc3C2)c1. The van der Waals surface area contributed by atoms with E-state index in [1.54, 1.807) is 0 Å². The number of aryl methyl sites for hydroxylation is 1. The Kier molecular flexibility index (Phi) is 3.13. The summed E-state index contributed by atoms with van der Waals surface area (Å²) < 4.78 is 1.14. The second-order valence-electron chi connectivity index (χ2n) is 5.04. The van der Waals surface area contributed by atoms with Crippen molar-refractivity contribution in [3.8, 4) is 0 Å². The first-order chi connectivity index (χ1) is 8.70. The van der Waals surface area contributed by atoms with Crippen LogP contribution in [0.2, 0.25) is 0 Å². The molecule has 0 amide bonds. The highest BCUT2D eigenvalue weighted by molar-refractivity contribution is 9.10. The van der Waals surface area contributed by atoms with E-state index >= 15 is 0 Å². The summed E-state index contributed by atoms with van der Waals surface area (Å²) in [6, 6.07) is 15.7. The Morgan fingerprint density at radius 3 is 2.33 bits per heavy atom. The lowest BCUT2D eigenvalue weighted by Crippen LogP contribution is -2.19. The molecular weight excluding hydrogens is 286 g/mol. The van der Waals surface area contributed by atoms with Gasteiger partial charge < -0.3 is 5.32 Å². The summed E-state index contributed by atoms with van der Waals surface area (Å²) in [6.45, 7) is 2.12. The molecule has 2 aromatic rings. The van der Waals surface area contributed by atoms with Crippen LogP contribution in [-0.4, -0.2) is 6.04 Å². The Bertz CT molecular complexity index is 532. The maximum Gasteiger partial charge on any atom is 0.0356 e. The average Bonchev–Trinajstić information content (AvgIpc) is 2.69. The van der Waals surface area contributed by atoms with E-state index < -0.39 is 0 Å². The van der Waals surface area contributed by atoms with Gasteiger partial charge in [0, 0.05) is 16.2 Å². The fourth-order valence-electron chi connectivity index (χ4n) is 2.72.